The first-order valence-electron chi connectivity index (χ1n) is 37.9. The lowest BCUT2D eigenvalue weighted by Gasteiger charge is -2.58. The van der Waals surface area contributed by atoms with Crippen LogP contribution in [0, 0.1) is 57.4 Å². The molecule has 6 heterocycles. The summed E-state index contributed by atoms with van der Waals surface area (Å²) in [5, 5.41) is 55.9. The van der Waals surface area contributed by atoms with Crippen LogP contribution in [0.2, 0.25) is 0 Å². The predicted molar refractivity (Wildman–Crippen MR) is 480 cm³/mol. The third-order valence-electron chi connectivity index (χ3n) is 22.5. The first-order valence-corrected chi connectivity index (χ1v) is 37.9. The van der Waals surface area contributed by atoms with Gasteiger partial charge in [0.05, 0.1) is 63.6 Å². The van der Waals surface area contributed by atoms with E-state index >= 15 is 0 Å². The number of rotatable bonds is 20. The number of nitrogens with two attached hydrogens (primary N) is 2. The number of hydrogen-bond donors (Lipinski definition) is 7. The number of nitro benzene ring substituents is 3. The number of anilines is 6. The molecule has 27 nitrogen and oxygen atoms in total. The van der Waals surface area contributed by atoms with E-state index in [9.17, 15) is 35.1 Å². The highest BCUT2D eigenvalue weighted by atomic mass is 16.6. The number of aromatic nitrogens is 2. The lowest BCUT2D eigenvalue weighted by atomic mass is 9.08. The number of nitro groups is 3. The highest BCUT2D eigenvalue weighted by Crippen LogP contribution is 2.56. The Kier molecular flexibility index (Phi) is 38.3. The molecule has 5 saturated heterocycles. The van der Waals surface area contributed by atoms with E-state index in [2.05, 4.69) is 191 Å². The van der Waals surface area contributed by atoms with E-state index in [1.54, 1.807) is 57.7 Å². The number of methoxy groups -OCH3 is 3. The van der Waals surface area contributed by atoms with Gasteiger partial charge in [0.2, 0.25) is 5.95 Å². The number of likely N-dealkylation sites (tertiary alicyclic amines) is 5. The highest BCUT2D eigenvalue weighted by molar-refractivity contribution is 7.49. The Morgan fingerprint density at radius 3 is 1.10 bits per heavy atom. The van der Waals surface area contributed by atoms with Crippen molar-refractivity contribution in [1.82, 2.24) is 34.1 Å². The number of carbonyl (C=O) groups is 1. The van der Waals surface area contributed by atoms with Crippen molar-refractivity contribution in [2.45, 2.75) is 128 Å². The molecule has 5 spiro atoms. The molecule has 0 bridgehead atoms. The van der Waals surface area contributed by atoms with E-state index in [-0.39, 0.29) is 52.8 Å². The Morgan fingerprint density at radius 2 is 0.784 bits per heavy atom. The first kappa shape index (κ1) is 99.4. The normalized spacial score (nSPS) is 20.4. The number of nitrogens with one attached hydrogen (secondary N) is 4. The van der Waals surface area contributed by atoms with Gasteiger partial charge in [-0.25, -0.2) is 4.98 Å². The second-order valence-electron chi connectivity index (χ2n) is 32.8. The van der Waals surface area contributed by atoms with Crippen molar-refractivity contribution in [3.05, 3.63) is 149 Å². The molecule has 1 aromatic heterocycles. The molecule has 116 heavy (non-hydrogen) atoms. The van der Waals surface area contributed by atoms with Crippen LogP contribution in [0.1, 0.15) is 110 Å². The minimum atomic E-state index is -0.667. The van der Waals surface area contributed by atoms with E-state index in [1.165, 1.54) is 64.0 Å². The largest absolute Gasteiger partial charge is 0.397 e. The second kappa shape index (κ2) is 44.7. The predicted octanol–water partition coefficient (Wildman–Crippen LogP) is 5.01. The standard InChI is InChI=1S/C16H22N4O.C15H21N3O3.C15H23N3O.C14H19N3O3.C14H17N3O3.CH4.B4.2B3.B2.2B/c1-19-9-16(10-19)6-12(7-16)20-14-4-3-11(8-21-2)5-13(14)18-15(20)17;1-17-9-15(10-17)6-12(7-15)16-13-4-3-11(8-21-2)5-14(13)18(19)20;1-18-9-15(10-18)6-12(7-15)17-14-4-3-11(8-19-2)5-13(14)16;2*1-16-8-14(9-16)5-11(6-14)15-12-3-2-10(7-18)4-13(12)17(19)20;;1-4(2)3;2*1-3-2;1-2;;/h3-5,12H,6-10H2,1-2H3,(H2,17,18);3-5,12,16H,6-10H2,1-2H3;3-5,12,17H,6-10,16H2,1-2H3;2-4,11,15,18H,5-9H2,1H3;2-4,7,11,15H,5-6,8-9H2,1H3;1H4;;;;;;. The Balaban J connectivity index is 0.000000248. The summed E-state index contributed by atoms with van der Waals surface area (Å²) in [7, 11) is 57.7. The Hall–Kier alpha value is -7.21. The lowest BCUT2D eigenvalue weighted by Crippen LogP contribution is -2.63. The van der Waals surface area contributed by atoms with Gasteiger partial charge in [0.25, 0.3) is 17.1 Å². The Bertz CT molecular complexity index is 4100. The number of carbonyl (C=O) groups excluding carboxylic acids is 1. The molecule has 9 N–H and O–H groups in total. The zero-order valence-corrected chi connectivity index (χ0v) is 67.8. The van der Waals surface area contributed by atoms with Gasteiger partial charge in [0.1, 0.15) is 23.3 Å². The van der Waals surface area contributed by atoms with Crippen molar-refractivity contribution in [2.75, 3.05) is 155 Å². The molecule has 5 aromatic carbocycles. The number of aliphatic hydroxyl groups excluding tert-OH is 1. The van der Waals surface area contributed by atoms with E-state index in [1.807, 2.05) is 12.1 Å². The van der Waals surface area contributed by atoms with Crippen molar-refractivity contribution in [1.29, 1.82) is 0 Å². The number of fused-ring (bicyclic) bond motifs is 1. The maximum atomic E-state index is 11.2. The molecule has 0 atom stereocenters. The monoisotopic (exact) mass is 1560 g/mol. The topological polar surface area (TPSA) is 329 Å². The van der Waals surface area contributed by atoms with Crippen molar-refractivity contribution >= 4 is 176 Å². The number of nitrogens with zero attached hydrogens (tertiary/aromatic N) is 10. The fourth-order valence-electron chi connectivity index (χ4n) is 18.9. The molecule has 26 radical (unpaired) electrons. The average molecular weight is 1560 g/mol. The minimum absolute atomic E-state index is 0. The molecule has 0 unspecified atom stereocenters. The number of ether oxygens (including phenoxy) is 3. The fraction of sp³-hybridized carbons (Fsp3) is 0.573. The highest BCUT2D eigenvalue weighted by Gasteiger charge is 2.55. The van der Waals surface area contributed by atoms with Gasteiger partial charge in [0, 0.05) is 248 Å². The Labute approximate surface area is 704 Å². The van der Waals surface area contributed by atoms with Crippen LogP contribution >= 0.6 is 0 Å². The Morgan fingerprint density at radius 1 is 0.500 bits per heavy atom. The third-order valence-corrected chi connectivity index (χ3v) is 22.5. The van der Waals surface area contributed by atoms with Crippen LogP contribution in [-0.2, 0) is 40.6 Å². The molecule has 6 aromatic rings. The zero-order valence-electron chi connectivity index (χ0n) is 67.8. The maximum absolute atomic E-state index is 11.2. The molecule has 5 saturated carbocycles. The van der Waals surface area contributed by atoms with Gasteiger partial charge in [-0.1, -0.05) is 31.7 Å². The molecule has 16 rings (SSSR count). The molecular weight excluding hydrogens is 1450 g/mol. The van der Waals surface area contributed by atoms with Gasteiger partial charge < -0.3 is 81.1 Å². The van der Waals surface area contributed by atoms with Gasteiger partial charge in [-0.3, -0.25) is 35.1 Å². The molecule has 0 amide bonds. The number of imidazole rings is 1. The molecule has 594 valence electrons. The number of hydrogen-bond acceptors (Lipinski definition) is 23. The quantitative estimate of drug-likeness (QED) is 0.0174. The van der Waals surface area contributed by atoms with E-state index in [0.717, 1.165) is 131 Å². The van der Waals surface area contributed by atoms with Gasteiger partial charge in [-0.2, -0.15) is 0 Å². The van der Waals surface area contributed by atoms with Crippen LogP contribution in [0.5, 0.6) is 0 Å². The summed E-state index contributed by atoms with van der Waals surface area (Å²) in [6.45, 7) is 13.2. The number of aldehydes is 1. The van der Waals surface area contributed by atoms with E-state index in [0.29, 0.717) is 118 Å². The molecule has 5 aliphatic heterocycles. The van der Waals surface area contributed by atoms with Crippen molar-refractivity contribution in [2.24, 2.45) is 27.1 Å². The van der Waals surface area contributed by atoms with Gasteiger partial charge in [0.15, 0.2) is 0 Å². The minimum Gasteiger partial charge on any atom is -0.397 e. The summed E-state index contributed by atoms with van der Waals surface area (Å²) in [5.41, 5.74) is 24.6. The number of benzene rings is 5. The summed E-state index contributed by atoms with van der Waals surface area (Å²) in [6.07, 6.45) is 11.5. The van der Waals surface area contributed by atoms with Crippen LogP contribution < -0.4 is 32.7 Å². The summed E-state index contributed by atoms with van der Waals surface area (Å²) >= 11 is 0. The van der Waals surface area contributed by atoms with Crippen molar-refractivity contribution in [3.63, 3.8) is 0 Å². The summed E-state index contributed by atoms with van der Waals surface area (Å²) in [4.78, 5) is 59.1. The van der Waals surface area contributed by atoms with Crippen LogP contribution in [0.3, 0.4) is 0 Å². The fourth-order valence-corrected chi connectivity index (χ4v) is 18.9. The van der Waals surface area contributed by atoms with Gasteiger partial charge >= 0.3 is 0 Å². The van der Waals surface area contributed by atoms with Gasteiger partial charge in [-0.15, -0.1) is 0 Å². The first-order chi connectivity index (χ1) is 53.8. The van der Waals surface area contributed by atoms with Crippen molar-refractivity contribution in [3.8, 4) is 0 Å². The smallest absolute Gasteiger partial charge is 0.293 e. The van der Waals surface area contributed by atoms with Crippen LogP contribution in [0.25, 0.3) is 11.0 Å². The summed E-state index contributed by atoms with van der Waals surface area (Å²) in [5.74, 6) is 0.645. The van der Waals surface area contributed by atoms with Crippen LogP contribution in [-0.4, -0.2) is 313 Å². The zero-order chi connectivity index (χ0) is 82.8. The summed E-state index contributed by atoms with van der Waals surface area (Å²) in [6, 6.07) is 29.2. The lowest BCUT2D eigenvalue weighted by molar-refractivity contribution is -0.384. The second-order valence-corrected chi connectivity index (χ2v) is 32.8. The van der Waals surface area contributed by atoms with Crippen LogP contribution in [0.15, 0.2) is 91.0 Å². The van der Waals surface area contributed by atoms with E-state index < -0.39 is 16.2 Å². The summed E-state index contributed by atoms with van der Waals surface area (Å²) < 4.78 is 17.6. The average Bonchev–Trinajstić information content (AvgIpc) is 1.54. The molecule has 41 heteroatoms. The SMILES string of the molecule is C.CN1CC2(CC(Nc3ccc(C=O)cc3[N+](=O)[O-])C2)C1.CN1CC2(CC(Nc3ccc(CO)cc3[N+](=O)[O-])C2)C1.COCc1ccc(NC2CC3(C2)CN(C)C3)c(N)c1.COCc1ccc(NC2CC3(C2)CN(C)C3)c([N+](=O)[O-])c1.COCc1ccc2c(c1)nc(N)n2C1CC2(C1)CN(C)C2.[B].[B].[B]B([B])[B].[B][B].[B][B][B].[B][B][B]. The van der Waals surface area contributed by atoms with Crippen molar-refractivity contribution < 1.29 is 38.9 Å². The molecule has 10 fully saturated rings. The molecule has 5 aliphatic carbocycles. The maximum Gasteiger partial charge on any atom is 0.293 e. The van der Waals surface area contributed by atoms with Gasteiger partial charge in [-0.05, 0) is 197 Å². The number of aliphatic hydroxyl groups is 1. The number of nitrogen functional groups attached to an aromatic ring is 2. The molecule has 10 aliphatic rings. The third kappa shape index (κ3) is 25.9. The van der Waals surface area contributed by atoms with E-state index in [4.69, 9.17) is 30.8 Å². The van der Waals surface area contributed by atoms with Crippen LogP contribution in [0.4, 0.5) is 51.4 Å². The molecular formula is C75H106B14N16O11.